The van der Waals surface area contributed by atoms with Gasteiger partial charge in [-0.3, -0.25) is 0 Å². The molecule has 0 spiro atoms. The number of hydrogen-bond acceptors (Lipinski definition) is 4. The number of esters is 1. The smallest absolute Gasteiger partial charge is 0.336 e. The number of carbonyl (C=O) groups excluding carboxylic acids is 1. The molecule has 0 aromatic rings. The van der Waals surface area contributed by atoms with Gasteiger partial charge in [0, 0.05) is 0 Å². The van der Waals surface area contributed by atoms with E-state index in [2.05, 4.69) is 11.3 Å². The van der Waals surface area contributed by atoms with Gasteiger partial charge in [-0.2, -0.15) is 0 Å². The van der Waals surface area contributed by atoms with E-state index < -0.39 is 18.2 Å². The molecule has 2 N–H and O–H groups in total. The zero-order chi connectivity index (χ0) is 9.72. The largest absolute Gasteiger partial charge is 0.463 e. The number of carbonyl (C=O) groups is 1. The quantitative estimate of drug-likeness (QED) is 0.459. The zero-order valence-corrected chi connectivity index (χ0v) is 7.28. The molecule has 0 amide bonds. The molecule has 0 aromatic carbocycles. The number of ether oxygens (including phenoxy) is 1. The van der Waals surface area contributed by atoms with Crippen molar-refractivity contribution in [2.45, 2.75) is 26.1 Å². The second kappa shape index (κ2) is 4.90. The Morgan fingerprint density at radius 2 is 2.08 bits per heavy atom. The first-order valence-corrected chi connectivity index (χ1v) is 3.72. The molecule has 4 nitrogen and oxygen atoms in total. The molecule has 0 heterocycles. The summed E-state index contributed by atoms with van der Waals surface area (Å²) in [5.41, 5.74) is -0.119. The van der Waals surface area contributed by atoms with Gasteiger partial charge >= 0.3 is 5.97 Å². The van der Waals surface area contributed by atoms with Crippen LogP contribution in [0.3, 0.4) is 0 Å². The summed E-state index contributed by atoms with van der Waals surface area (Å²) in [7, 11) is 0. The number of aliphatic hydroxyl groups is 2. The minimum atomic E-state index is -1.25. The van der Waals surface area contributed by atoms with Crippen LogP contribution in [0.4, 0.5) is 0 Å². The number of hydrogen-bond donors (Lipinski definition) is 2. The highest BCUT2D eigenvalue weighted by Crippen LogP contribution is 2.06. The third-order valence-electron chi connectivity index (χ3n) is 1.35. The van der Waals surface area contributed by atoms with Gasteiger partial charge in [-0.05, 0) is 13.8 Å². The van der Waals surface area contributed by atoms with Crippen molar-refractivity contribution in [2.75, 3.05) is 6.61 Å². The lowest BCUT2D eigenvalue weighted by molar-refractivity contribution is -0.140. The molecule has 0 rings (SSSR count). The Morgan fingerprint density at radius 1 is 1.58 bits per heavy atom. The maximum Gasteiger partial charge on any atom is 0.336 e. The summed E-state index contributed by atoms with van der Waals surface area (Å²) in [4.78, 5) is 10.9. The summed E-state index contributed by atoms with van der Waals surface area (Å²) in [6.45, 7) is 6.56. The van der Waals surface area contributed by atoms with Gasteiger partial charge in [-0.25, -0.2) is 4.79 Å². The van der Waals surface area contributed by atoms with Crippen molar-refractivity contribution in [3.05, 3.63) is 12.2 Å². The normalized spacial score (nSPS) is 15.0. The second-order valence-electron chi connectivity index (χ2n) is 2.43. The SMILES string of the molecule is C=C(C(=O)OCC)[C@H](O)[C@@H](C)O. The molecule has 0 fully saturated rings. The molecular formula is C8H14O4. The molecule has 0 radical (unpaired) electrons. The summed E-state index contributed by atoms with van der Waals surface area (Å²) in [6, 6.07) is 0. The van der Waals surface area contributed by atoms with Gasteiger partial charge in [0.2, 0.25) is 0 Å². The van der Waals surface area contributed by atoms with Crippen LogP contribution >= 0.6 is 0 Å². The summed E-state index contributed by atoms with van der Waals surface area (Å²) in [6.07, 6.45) is -2.26. The molecule has 0 unspecified atom stereocenters. The predicted octanol–water partition coefficient (Wildman–Crippen LogP) is -0.153. The van der Waals surface area contributed by atoms with Crippen LogP contribution in [0.2, 0.25) is 0 Å². The molecule has 0 saturated carbocycles. The highest BCUT2D eigenvalue weighted by molar-refractivity contribution is 5.88. The van der Waals surface area contributed by atoms with Crippen LogP contribution < -0.4 is 0 Å². The van der Waals surface area contributed by atoms with E-state index in [0.29, 0.717) is 0 Å². The fraction of sp³-hybridized carbons (Fsp3) is 0.625. The van der Waals surface area contributed by atoms with E-state index in [-0.39, 0.29) is 12.2 Å². The Labute approximate surface area is 71.5 Å². The molecule has 2 atom stereocenters. The lowest BCUT2D eigenvalue weighted by Gasteiger charge is -2.14. The van der Waals surface area contributed by atoms with Gasteiger partial charge in [0.1, 0.15) is 6.10 Å². The molecule has 12 heavy (non-hydrogen) atoms. The number of aliphatic hydroxyl groups excluding tert-OH is 2. The Morgan fingerprint density at radius 3 is 2.42 bits per heavy atom. The van der Waals surface area contributed by atoms with Crippen molar-refractivity contribution in [1.29, 1.82) is 0 Å². The Hall–Kier alpha value is -0.870. The highest BCUT2D eigenvalue weighted by atomic mass is 16.5. The summed E-state index contributed by atoms with van der Waals surface area (Å²) >= 11 is 0. The molecule has 0 aliphatic heterocycles. The molecule has 0 aliphatic rings. The number of rotatable bonds is 4. The van der Waals surface area contributed by atoms with E-state index in [4.69, 9.17) is 10.2 Å². The average Bonchev–Trinajstić information content (AvgIpc) is 2.02. The van der Waals surface area contributed by atoms with Crippen LogP contribution in [0.5, 0.6) is 0 Å². The standard InChI is InChI=1S/C8H14O4/c1-4-12-8(11)5(2)7(10)6(3)9/h6-7,9-10H,2,4H2,1,3H3/t6-,7+/m1/s1. The minimum absolute atomic E-state index is 0.119. The molecule has 0 bridgehead atoms. The maximum absolute atomic E-state index is 10.9. The van der Waals surface area contributed by atoms with Gasteiger partial charge in [0.05, 0.1) is 18.3 Å². The van der Waals surface area contributed by atoms with E-state index in [0.717, 1.165) is 0 Å². The van der Waals surface area contributed by atoms with Crippen molar-refractivity contribution in [3.8, 4) is 0 Å². The van der Waals surface area contributed by atoms with Crippen molar-refractivity contribution in [2.24, 2.45) is 0 Å². The zero-order valence-electron chi connectivity index (χ0n) is 7.28. The first kappa shape index (κ1) is 11.1. The molecule has 0 aliphatic carbocycles. The third kappa shape index (κ3) is 3.02. The molecule has 70 valence electrons. The van der Waals surface area contributed by atoms with Crippen LogP contribution in [0.15, 0.2) is 12.2 Å². The van der Waals surface area contributed by atoms with Crippen LogP contribution in [0.25, 0.3) is 0 Å². The Bertz CT molecular complexity index is 174. The van der Waals surface area contributed by atoms with Crippen molar-refractivity contribution in [3.63, 3.8) is 0 Å². The average molecular weight is 174 g/mol. The van der Waals surface area contributed by atoms with Crippen LogP contribution in [-0.4, -0.2) is 35.0 Å². The fourth-order valence-electron chi connectivity index (χ4n) is 0.636. The molecular weight excluding hydrogens is 160 g/mol. The molecule has 0 saturated heterocycles. The Balaban J connectivity index is 4.10. The van der Waals surface area contributed by atoms with E-state index >= 15 is 0 Å². The van der Waals surface area contributed by atoms with Crippen molar-refractivity contribution < 1.29 is 19.7 Å². The van der Waals surface area contributed by atoms with Gasteiger partial charge in [0.25, 0.3) is 0 Å². The Kier molecular flexibility index (Phi) is 4.54. The fourth-order valence-corrected chi connectivity index (χ4v) is 0.636. The van der Waals surface area contributed by atoms with E-state index in [9.17, 15) is 4.79 Å². The topological polar surface area (TPSA) is 66.8 Å². The lowest BCUT2D eigenvalue weighted by Crippen LogP contribution is -2.29. The highest BCUT2D eigenvalue weighted by Gasteiger charge is 2.21. The summed E-state index contributed by atoms with van der Waals surface area (Å²) in [5.74, 6) is -0.675. The predicted molar refractivity (Wildman–Crippen MR) is 43.5 cm³/mol. The van der Waals surface area contributed by atoms with Crippen molar-refractivity contribution >= 4 is 5.97 Å². The maximum atomic E-state index is 10.9. The van der Waals surface area contributed by atoms with Crippen LogP contribution in [0.1, 0.15) is 13.8 Å². The van der Waals surface area contributed by atoms with E-state index in [1.807, 2.05) is 0 Å². The van der Waals surface area contributed by atoms with Crippen LogP contribution in [-0.2, 0) is 9.53 Å². The summed E-state index contributed by atoms with van der Waals surface area (Å²) in [5, 5.41) is 18.0. The van der Waals surface area contributed by atoms with E-state index in [1.54, 1.807) is 6.92 Å². The monoisotopic (exact) mass is 174 g/mol. The first-order chi connectivity index (χ1) is 5.50. The van der Waals surface area contributed by atoms with Gasteiger partial charge in [-0.15, -0.1) is 0 Å². The van der Waals surface area contributed by atoms with Crippen LogP contribution in [0, 0.1) is 0 Å². The first-order valence-electron chi connectivity index (χ1n) is 3.72. The lowest BCUT2D eigenvalue weighted by atomic mass is 10.1. The molecule has 0 aromatic heterocycles. The minimum Gasteiger partial charge on any atom is -0.463 e. The van der Waals surface area contributed by atoms with Gasteiger partial charge in [-0.1, -0.05) is 6.58 Å². The van der Waals surface area contributed by atoms with Gasteiger partial charge in [0.15, 0.2) is 0 Å². The molecule has 4 heteroatoms. The van der Waals surface area contributed by atoms with E-state index in [1.165, 1.54) is 6.92 Å². The third-order valence-corrected chi connectivity index (χ3v) is 1.35. The summed E-state index contributed by atoms with van der Waals surface area (Å²) < 4.78 is 4.57. The van der Waals surface area contributed by atoms with Crippen molar-refractivity contribution in [1.82, 2.24) is 0 Å². The second-order valence-corrected chi connectivity index (χ2v) is 2.43. The van der Waals surface area contributed by atoms with Gasteiger partial charge < -0.3 is 14.9 Å².